The van der Waals surface area contributed by atoms with Gasteiger partial charge < -0.3 is 10.5 Å². The van der Waals surface area contributed by atoms with Gasteiger partial charge in [-0.3, -0.25) is 4.21 Å². The van der Waals surface area contributed by atoms with Crippen molar-refractivity contribution in [3.8, 4) is 5.88 Å². The van der Waals surface area contributed by atoms with E-state index < -0.39 is 10.8 Å². The smallest absolute Gasteiger partial charge is 0.217 e. The molecule has 0 amide bonds. The van der Waals surface area contributed by atoms with Gasteiger partial charge in [-0.2, -0.15) is 0 Å². The van der Waals surface area contributed by atoms with Crippen LogP contribution in [0.3, 0.4) is 0 Å². The van der Waals surface area contributed by atoms with Crippen molar-refractivity contribution in [3.05, 3.63) is 48.2 Å². The van der Waals surface area contributed by atoms with E-state index in [4.69, 9.17) is 10.5 Å². The molecule has 1 atom stereocenters. The second kappa shape index (κ2) is 5.64. The van der Waals surface area contributed by atoms with Gasteiger partial charge in [0.1, 0.15) is 0 Å². The van der Waals surface area contributed by atoms with Gasteiger partial charge in [0.25, 0.3) is 0 Å². The Hall–Kier alpha value is -1.88. The molecule has 1 aromatic carbocycles. The van der Waals surface area contributed by atoms with Crippen molar-refractivity contribution < 1.29 is 8.95 Å². The minimum Gasteiger partial charge on any atom is -0.481 e. The molecule has 2 rings (SSSR count). The third kappa shape index (κ3) is 2.87. The van der Waals surface area contributed by atoms with Crippen LogP contribution in [0.4, 0.5) is 5.69 Å². The lowest BCUT2D eigenvalue weighted by atomic mass is 10.3. The molecule has 0 aliphatic rings. The molecule has 1 unspecified atom stereocenters. The highest BCUT2D eigenvalue weighted by atomic mass is 32.2. The summed E-state index contributed by atoms with van der Waals surface area (Å²) < 4.78 is 17.3. The van der Waals surface area contributed by atoms with Crippen molar-refractivity contribution in [3.63, 3.8) is 0 Å². The van der Waals surface area contributed by atoms with Gasteiger partial charge in [0.05, 0.1) is 23.7 Å². The number of nitrogen functional groups attached to an aromatic ring is 1. The zero-order valence-corrected chi connectivity index (χ0v) is 10.8. The highest BCUT2D eigenvalue weighted by Gasteiger charge is 2.10. The normalized spacial score (nSPS) is 12.1. The molecular formula is C13H14N2O2S. The molecule has 0 saturated heterocycles. The van der Waals surface area contributed by atoms with E-state index in [0.717, 1.165) is 5.56 Å². The van der Waals surface area contributed by atoms with Crippen LogP contribution in [0.15, 0.2) is 47.5 Å². The molecule has 0 saturated carbocycles. The molecule has 0 aliphatic heterocycles. The summed E-state index contributed by atoms with van der Waals surface area (Å²) in [4.78, 5) is 4.79. The molecule has 1 heterocycles. The van der Waals surface area contributed by atoms with E-state index in [1.54, 1.807) is 43.6 Å². The average molecular weight is 262 g/mol. The average Bonchev–Trinajstić information content (AvgIpc) is 2.39. The van der Waals surface area contributed by atoms with Gasteiger partial charge >= 0.3 is 0 Å². The van der Waals surface area contributed by atoms with Crippen LogP contribution in [0.5, 0.6) is 5.88 Å². The summed E-state index contributed by atoms with van der Waals surface area (Å²) in [5.41, 5.74) is 7.10. The number of anilines is 1. The molecule has 94 valence electrons. The number of benzene rings is 1. The second-order valence-corrected chi connectivity index (χ2v) is 5.19. The maximum atomic E-state index is 12.2. The highest BCUT2D eigenvalue weighted by Crippen LogP contribution is 2.20. The molecule has 1 aromatic heterocycles. The first-order valence-corrected chi connectivity index (χ1v) is 6.74. The quantitative estimate of drug-likeness (QED) is 0.856. The molecular weight excluding hydrogens is 248 g/mol. The van der Waals surface area contributed by atoms with Crippen molar-refractivity contribution in [1.82, 2.24) is 4.98 Å². The van der Waals surface area contributed by atoms with E-state index in [1.165, 1.54) is 0 Å². The Labute approximate surface area is 108 Å². The lowest BCUT2D eigenvalue weighted by molar-refractivity contribution is 0.394. The molecule has 18 heavy (non-hydrogen) atoms. The molecule has 2 N–H and O–H groups in total. The minimum absolute atomic E-state index is 0.362. The number of hydrogen-bond acceptors (Lipinski definition) is 4. The second-order valence-electron chi connectivity index (χ2n) is 3.73. The zero-order valence-electron chi connectivity index (χ0n) is 10.00. The number of hydrogen-bond donors (Lipinski definition) is 1. The van der Waals surface area contributed by atoms with Crippen molar-refractivity contribution in [2.45, 2.75) is 10.6 Å². The largest absolute Gasteiger partial charge is 0.481 e. The van der Waals surface area contributed by atoms with Gasteiger partial charge in [0, 0.05) is 22.3 Å². The number of nitrogens with two attached hydrogens (primary N) is 1. The Morgan fingerprint density at radius 1 is 1.33 bits per heavy atom. The van der Waals surface area contributed by atoms with E-state index in [2.05, 4.69) is 4.98 Å². The van der Waals surface area contributed by atoms with Gasteiger partial charge in [-0.25, -0.2) is 4.98 Å². The SMILES string of the molecule is COc1ncccc1CS(=O)c1cccc(N)c1. The summed E-state index contributed by atoms with van der Waals surface area (Å²) in [6, 6.07) is 10.7. The summed E-state index contributed by atoms with van der Waals surface area (Å²) in [7, 11) is 0.394. The Morgan fingerprint density at radius 2 is 2.17 bits per heavy atom. The Bertz CT molecular complexity index is 572. The molecule has 0 spiro atoms. The summed E-state index contributed by atoms with van der Waals surface area (Å²) in [6.45, 7) is 0. The van der Waals surface area contributed by atoms with Crippen LogP contribution in [0.25, 0.3) is 0 Å². The number of aromatic nitrogens is 1. The van der Waals surface area contributed by atoms with E-state index in [1.807, 2.05) is 6.07 Å². The number of pyridine rings is 1. The molecule has 0 radical (unpaired) electrons. The maximum absolute atomic E-state index is 12.2. The van der Waals surface area contributed by atoms with Crippen LogP contribution < -0.4 is 10.5 Å². The Balaban J connectivity index is 2.21. The number of ether oxygens (including phenoxy) is 1. The molecule has 4 nitrogen and oxygen atoms in total. The van der Waals surface area contributed by atoms with Crippen molar-refractivity contribution in [2.24, 2.45) is 0 Å². The monoisotopic (exact) mass is 262 g/mol. The van der Waals surface area contributed by atoms with E-state index in [9.17, 15) is 4.21 Å². The highest BCUT2D eigenvalue weighted by molar-refractivity contribution is 7.84. The van der Waals surface area contributed by atoms with Crippen LogP contribution in [-0.2, 0) is 16.6 Å². The summed E-state index contributed by atoms with van der Waals surface area (Å²) in [6.07, 6.45) is 1.64. The van der Waals surface area contributed by atoms with E-state index >= 15 is 0 Å². The minimum atomic E-state index is -1.16. The fourth-order valence-corrected chi connectivity index (χ4v) is 2.77. The Morgan fingerprint density at radius 3 is 2.89 bits per heavy atom. The fraction of sp³-hybridized carbons (Fsp3) is 0.154. The Kier molecular flexibility index (Phi) is 3.94. The van der Waals surface area contributed by atoms with Crippen LogP contribution in [-0.4, -0.2) is 16.3 Å². The topological polar surface area (TPSA) is 65.2 Å². The summed E-state index contributed by atoms with van der Waals surface area (Å²) in [5.74, 6) is 0.871. The van der Waals surface area contributed by atoms with E-state index in [-0.39, 0.29) is 0 Å². The number of rotatable bonds is 4. The van der Waals surface area contributed by atoms with Gasteiger partial charge in [-0.15, -0.1) is 0 Å². The van der Waals surface area contributed by atoms with Crippen LogP contribution in [0.2, 0.25) is 0 Å². The predicted molar refractivity (Wildman–Crippen MR) is 71.8 cm³/mol. The van der Waals surface area contributed by atoms with Gasteiger partial charge in [-0.05, 0) is 24.3 Å². The predicted octanol–water partition coefficient (Wildman–Crippen LogP) is 1.98. The van der Waals surface area contributed by atoms with Crippen molar-refractivity contribution in [1.29, 1.82) is 0 Å². The third-order valence-corrected chi connectivity index (χ3v) is 3.80. The first-order chi connectivity index (χ1) is 8.70. The standard InChI is InChI=1S/C13H14N2O2S/c1-17-13-10(4-3-7-15-13)9-18(16)12-6-2-5-11(14)8-12/h2-8H,9,14H2,1H3. The summed E-state index contributed by atoms with van der Waals surface area (Å²) >= 11 is 0. The first-order valence-electron chi connectivity index (χ1n) is 5.42. The zero-order chi connectivity index (χ0) is 13.0. The molecule has 0 bridgehead atoms. The van der Waals surface area contributed by atoms with E-state index in [0.29, 0.717) is 22.2 Å². The summed E-state index contributed by atoms with van der Waals surface area (Å²) in [5, 5.41) is 0. The van der Waals surface area contributed by atoms with Crippen molar-refractivity contribution in [2.75, 3.05) is 12.8 Å². The molecule has 2 aromatic rings. The van der Waals surface area contributed by atoms with Crippen LogP contribution >= 0.6 is 0 Å². The molecule has 5 heteroatoms. The van der Waals surface area contributed by atoms with Crippen molar-refractivity contribution >= 4 is 16.5 Å². The third-order valence-electron chi connectivity index (χ3n) is 2.45. The number of methoxy groups -OCH3 is 1. The molecule has 0 aliphatic carbocycles. The van der Waals surface area contributed by atoms with Gasteiger partial charge in [0.15, 0.2) is 0 Å². The van der Waals surface area contributed by atoms with Crippen LogP contribution in [0.1, 0.15) is 5.56 Å². The lowest BCUT2D eigenvalue weighted by Gasteiger charge is -2.07. The maximum Gasteiger partial charge on any atom is 0.217 e. The fourth-order valence-electron chi connectivity index (χ4n) is 1.60. The lowest BCUT2D eigenvalue weighted by Crippen LogP contribution is -2.01. The molecule has 0 fully saturated rings. The van der Waals surface area contributed by atoms with Gasteiger partial charge in [0.2, 0.25) is 5.88 Å². The van der Waals surface area contributed by atoms with Gasteiger partial charge in [-0.1, -0.05) is 12.1 Å². The number of nitrogens with zero attached hydrogens (tertiary/aromatic N) is 1. The van der Waals surface area contributed by atoms with Crippen LogP contribution in [0, 0.1) is 0 Å². The first kappa shape index (κ1) is 12.6.